The summed E-state index contributed by atoms with van der Waals surface area (Å²) in [5.74, 6) is 1.40. The molecule has 2 aromatic rings. The fourth-order valence-electron chi connectivity index (χ4n) is 1.39. The van der Waals surface area contributed by atoms with Crippen LogP contribution in [0.25, 0.3) is 0 Å². The van der Waals surface area contributed by atoms with Crippen molar-refractivity contribution in [2.75, 3.05) is 17.2 Å². The standard InChI is InChI=1S/C12H15BrN4O/c1-2-4-14-12-16-7-10(13)11(17-12)15-6-9-3-5-18-8-9/h3,5,7-8H,2,4,6H2,1H3,(H2,14,15,16,17). The molecule has 0 bridgehead atoms. The van der Waals surface area contributed by atoms with Crippen molar-refractivity contribution in [3.63, 3.8) is 0 Å². The van der Waals surface area contributed by atoms with Gasteiger partial charge in [-0.15, -0.1) is 0 Å². The number of hydrogen-bond acceptors (Lipinski definition) is 5. The van der Waals surface area contributed by atoms with Crippen LogP contribution in [-0.4, -0.2) is 16.5 Å². The largest absolute Gasteiger partial charge is 0.472 e. The lowest BCUT2D eigenvalue weighted by Gasteiger charge is -2.08. The van der Waals surface area contributed by atoms with Gasteiger partial charge in [-0.05, 0) is 28.4 Å². The maximum Gasteiger partial charge on any atom is 0.224 e. The second-order valence-electron chi connectivity index (χ2n) is 3.80. The molecule has 0 radical (unpaired) electrons. The minimum atomic E-state index is 0.634. The lowest BCUT2D eigenvalue weighted by molar-refractivity contribution is 0.564. The number of rotatable bonds is 6. The molecule has 18 heavy (non-hydrogen) atoms. The summed E-state index contributed by atoms with van der Waals surface area (Å²) in [6, 6.07) is 1.92. The Morgan fingerprint density at radius 1 is 1.39 bits per heavy atom. The maximum atomic E-state index is 5.01. The van der Waals surface area contributed by atoms with Crippen molar-refractivity contribution in [1.29, 1.82) is 0 Å². The summed E-state index contributed by atoms with van der Waals surface area (Å²) >= 11 is 3.42. The third kappa shape index (κ3) is 3.46. The number of aromatic nitrogens is 2. The van der Waals surface area contributed by atoms with E-state index in [0.717, 1.165) is 28.8 Å². The van der Waals surface area contributed by atoms with Crippen LogP contribution in [0.1, 0.15) is 18.9 Å². The van der Waals surface area contributed by atoms with Gasteiger partial charge in [-0.25, -0.2) is 4.98 Å². The minimum Gasteiger partial charge on any atom is -0.472 e. The summed E-state index contributed by atoms with van der Waals surface area (Å²) in [7, 11) is 0. The quantitative estimate of drug-likeness (QED) is 0.857. The van der Waals surface area contributed by atoms with Crippen LogP contribution in [0.15, 0.2) is 33.7 Å². The summed E-state index contributed by atoms with van der Waals surface area (Å²) in [5, 5.41) is 6.39. The van der Waals surface area contributed by atoms with Gasteiger partial charge >= 0.3 is 0 Å². The van der Waals surface area contributed by atoms with E-state index in [-0.39, 0.29) is 0 Å². The summed E-state index contributed by atoms with van der Waals surface area (Å²) in [4.78, 5) is 8.59. The fraction of sp³-hybridized carbons (Fsp3) is 0.333. The second kappa shape index (κ2) is 6.39. The van der Waals surface area contributed by atoms with E-state index in [0.29, 0.717) is 12.5 Å². The molecule has 0 saturated carbocycles. The zero-order valence-corrected chi connectivity index (χ0v) is 11.7. The first kappa shape index (κ1) is 12.9. The van der Waals surface area contributed by atoms with E-state index in [1.165, 1.54) is 0 Å². The van der Waals surface area contributed by atoms with Gasteiger partial charge < -0.3 is 15.1 Å². The molecule has 0 fully saturated rings. The van der Waals surface area contributed by atoms with Crippen molar-refractivity contribution < 1.29 is 4.42 Å². The van der Waals surface area contributed by atoms with Crippen molar-refractivity contribution in [3.8, 4) is 0 Å². The van der Waals surface area contributed by atoms with Crippen molar-refractivity contribution >= 4 is 27.7 Å². The molecule has 6 heteroatoms. The lowest BCUT2D eigenvalue weighted by atomic mass is 10.3. The Kier molecular flexibility index (Phi) is 4.58. The zero-order valence-electron chi connectivity index (χ0n) is 10.1. The molecular weight excluding hydrogens is 296 g/mol. The van der Waals surface area contributed by atoms with Crippen LogP contribution in [0.2, 0.25) is 0 Å². The van der Waals surface area contributed by atoms with Crippen LogP contribution >= 0.6 is 15.9 Å². The first-order valence-electron chi connectivity index (χ1n) is 5.81. The van der Waals surface area contributed by atoms with E-state index in [4.69, 9.17) is 4.42 Å². The van der Waals surface area contributed by atoms with Gasteiger partial charge in [0.05, 0.1) is 17.0 Å². The molecule has 0 unspecified atom stereocenters. The van der Waals surface area contributed by atoms with Crippen molar-refractivity contribution in [2.24, 2.45) is 0 Å². The lowest BCUT2D eigenvalue weighted by Crippen LogP contribution is -2.07. The number of halogens is 1. The molecule has 96 valence electrons. The van der Waals surface area contributed by atoms with Crippen molar-refractivity contribution in [1.82, 2.24) is 9.97 Å². The second-order valence-corrected chi connectivity index (χ2v) is 4.66. The predicted molar refractivity (Wildman–Crippen MR) is 74.5 cm³/mol. The summed E-state index contributed by atoms with van der Waals surface area (Å²) < 4.78 is 5.85. The number of nitrogens with one attached hydrogen (secondary N) is 2. The third-order valence-corrected chi connectivity index (χ3v) is 2.90. The topological polar surface area (TPSA) is 63.0 Å². The van der Waals surface area contributed by atoms with Crippen LogP contribution in [0, 0.1) is 0 Å². The average Bonchev–Trinajstić information content (AvgIpc) is 2.89. The summed E-state index contributed by atoms with van der Waals surface area (Å²) in [6.45, 7) is 3.63. The van der Waals surface area contributed by atoms with Gasteiger partial charge in [-0.2, -0.15) is 4.98 Å². The smallest absolute Gasteiger partial charge is 0.224 e. The Balaban J connectivity index is 2.01. The minimum absolute atomic E-state index is 0.634. The molecule has 2 heterocycles. The number of hydrogen-bond donors (Lipinski definition) is 2. The van der Waals surface area contributed by atoms with Crippen molar-refractivity contribution in [2.45, 2.75) is 19.9 Å². The predicted octanol–water partition coefficient (Wildman–Crippen LogP) is 3.27. The highest BCUT2D eigenvalue weighted by Crippen LogP contribution is 2.20. The zero-order chi connectivity index (χ0) is 12.8. The van der Waals surface area contributed by atoms with Gasteiger partial charge in [-0.3, -0.25) is 0 Å². The highest BCUT2D eigenvalue weighted by molar-refractivity contribution is 9.10. The molecule has 2 aromatic heterocycles. The molecule has 0 aliphatic heterocycles. The van der Waals surface area contributed by atoms with Crippen molar-refractivity contribution in [3.05, 3.63) is 34.8 Å². The molecule has 2 N–H and O–H groups in total. The molecule has 0 atom stereocenters. The molecule has 0 aromatic carbocycles. The van der Waals surface area contributed by atoms with E-state index in [1.54, 1.807) is 18.7 Å². The third-order valence-electron chi connectivity index (χ3n) is 2.32. The van der Waals surface area contributed by atoms with Crippen LogP contribution in [0.4, 0.5) is 11.8 Å². The fourth-order valence-corrected chi connectivity index (χ4v) is 1.72. The van der Waals surface area contributed by atoms with Crippen LogP contribution < -0.4 is 10.6 Å². The maximum absolute atomic E-state index is 5.01. The SMILES string of the molecule is CCCNc1ncc(Br)c(NCc2ccoc2)n1. The highest BCUT2D eigenvalue weighted by atomic mass is 79.9. The molecule has 0 aliphatic carbocycles. The van der Waals surface area contributed by atoms with Gasteiger partial charge in [0.15, 0.2) is 0 Å². The number of anilines is 2. The van der Waals surface area contributed by atoms with E-state index >= 15 is 0 Å². The molecule has 2 rings (SSSR count). The van der Waals surface area contributed by atoms with Crippen LogP contribution in [-0.2, 0) is 6.54 Å². The molecule has 0 saturated heterocycles. The van der Waals surface area contributed by atoms with Crippen LogP contribution in [0.3, 0.4) is 0 Å². The Bertz CT molecular complexity index is 487. The molecular formula is C12H15BrN4O. The molecule has 5 nitrogen and oxygen atoms in total. The molecule has 0 aliphatic rings. The van der Waals surface area contributed by atoms with Gasteiger partial charge in [0.1, 0.15) is 5.82 Å². The Morgan fingerprint density at radius 3 is 3.00 bits per heavy atom. The first-order valence-corrected chi connectivity index (χ1v) is 6.60. The normalized spacial score (nSPS) is 10.3. The molecule has 0 spiro atoms. The highest BCUT2D eigenvalue weighted by Gasteiger charge is 2.04. The number of nitrogens with zero attached hydrogens (tertiary/aromatic N) is 2. The monoisotopic (exact) mass is 310 g/mol. The first-order chi connectivity index (χ1) is 8.79. The van der Waals surface area contributed by atoms with Gasteiger partial charge in [-0.1, -0.05) is 6.92 Å². The van der Waals surface area contributed by atoms with E-state index < -0.39 is 0 Å². The molecule has 0 amide bonds. The van der Waals surface area contributed by atoms with E-state index in [2.05, 4.69) is 43.5 Å². The Labute approximate surface area is 114 Å². The number of furan rings is 1. The van der Waals surface area contributed by atoms with Gasteiger partial charge in [0.25, 0.3) is 0 Å². The van der Waals surface area contributed by atoms with E-state index in [1.807, 2.05) is 6.07 Å². The average molecular weight is 311 g/mol. The summed E-state index contributed by atoms with van der Waals surface area (Å²) in [6.07, 6.45) is 6.14. The van der Waals surface area contributed by atoms with E-state index in [9.17, 15) is 0 Å². The van der Waals surface area contributed by atoms with Crippen LogP contribution in [0.5, 0.6) is 0 Å². The van der Waals surface area contributed by atoms with Gasteiger partial charge in [0.2, 0.25) is 5.95 Å². The Hall–Kier alpha value is -1.56. The Morgan fingerprint density at radius 2 is 2.28 bits per heavy atom. The van der Waals surface area contributed by atoms with Gasteiger partial charge in [0, 0.05) is 24.8 Å². The summed E-state index contributed by atoms with van der Waals surface area (Å²) in [5.41, 5.74) is 1.07.